The van der Waals surface area contributed by atoms with Crippen molar-refractivity contribution in [1.29, 1.82) is 0 Å². The Labute approximate surface area is 123 Å². The maximum atomic E-state index is 13.5. The summed E-state index contributed by atoms with van der Waals surface area (Å²) < 4.78 is 13.5. The molecule has 6 nitrogen and oxygen atoms in total. The number of hydrogen-bond acceptors (Lipinski definition) is 4. The van der Waals surface area contributed by atoms with E-state index in [1.807, 2.05) is 7.05 Å². The molecule has 1 amide bonds. The molecule has 0 aliphatic carbocycles. The van der Waals surface area contributed by atoms with Crippen molar-refractivity contribution >= 4 is 11.6 Å². The van der Waals surface area contributed by atoms with Crippen LogP contribution in [0.25, 0.3) is 0 Å². The van der Waals surface area contributed by atoms with Crippen LogP contribution < -0.4 is 5.32 Å². The molecule has 0 saturated carbocycles. The molecule has 116 valence electrons. The summed E-state index contributed by atoms with van der Waals surface area (Å²) >= 11 is 0. The first-order chi connectivity index (χ1) is 9.82. The van der Waals surface area contributed by atoms with Crippen LogP contribution in [-0.4, -0.2) is 41.9 Å². The molecule has 1 N–H and O–H groups in total. The van der Waals surface area contributed by atoms with Gasteiger partial charge < -0.3 is 10.2 Å². The van der Waals surface area contributed by atoms with Crippen LogP contribution in [0.5, 0.6) is 0 Å². The van der Waals surface area contributed by atoms with E-state index in [0.29, 0.717) is 12.6 Å². The third-order valence-corrected chi connectivity index (χ3v) is 3.26. The highest BCUT2D eigenvalue weighted by molar-refractivity contribution is 5.95. The van der Waals surface area contributed by atoms with Crippen LogP contribution in [0.4, 0.5) is 10.1 Å². The van der Waals surface area contributed by atoms with Gasteiger partial charge in [0.15, 0.2) is 0 Å². The summed E-state index contributed by atoms with van der Waals surface area (Å²) in [6, 6.07) is 3.32. The van der Waals surface area contributed by atoms with E-state index >= 15 is 0 Å². The molecule has 0 bridgehead atoms. The summed E-state index contributed by atoms with van der Waals surface area (Å²) in [6.07, 6.45) is 0.719. The first-order valence-electron chi connectivity index (χ1n) is 6.75. The lowest BCUT2D eigenvalue weighted by molar-refractivity contribution is -0.384. The normalized spacial score (nSPS) is 11.0. The van der Waals surface area contributed by atoms with Crippen LogP contribution in [0.15, 0.2) is 18.2 Å². The molecule has 0 radical (unpaired) electrons. The van der Waals surface area contributed by atoms with Crippen molar-refractivity contribution in [3.8, 4) is 0 Å². The number of nitro groups is 1. The van der Waals surface area contributed by atoms with Crippen LogP contribution in [-0.2, 0) is 0 Å². The maximum Gasteiger partial charge on any atom is 0.270 e. The van der Waals surface area contributed by atoms with Gasteiger partial charge in [0.05, 0.1) is 10.5 Å². The van der Waals surface area contributed by atoms with Crippen molar-refractivity contribution < 1.29 is 14.1 Å². The largest absolute Gasteiger partial charge is 0.352 e. The molecule has 0 heterocycles. The molecule has 0 saturated heterocycles. The van der Waals surface area contributed by atoms with Crippen molar-refractivity contribution in [3.63, 3.8) is 0 Å². The Morgan fingerprint density at radius 3 is 2.71 bits per heavy atom. The average Bonchev–Trinajstić information content (AvgIpc) is 2.43. The van der Waals surface area contributed by atoms with E-state index in [-0.39, 0.29) is 11.3 Å². The standard InChI is InChI=1S/C14H20FN3O3/c1-10(2)17(3)8-4-7-16-14(19)12-9-11(18(20)21)5-6-13(12)15/h5-6,9-10H,4,7-8H2,1-3H3,(H,16,19). The maximum absolute atomic E-state index is 13.5. The van der Waals surface area contributed by atoms with E-state index < -0.39 is 16.6 Å². The zero-order valence-corrected chi connectivity index (χ0v) is 12.4. The SMILES string of the molecule is CC(C)N(C)CCCNC(=O)c1cc([N+](=O)[O-])ccc1F. The number of non-ortho nitro benzene ring substituents is 1. The zero-order chi connectivity index (χ0) is 16.0. The number of hydrogen-bond donors (Lipinski definition) is 1. The van der Waals surface area contributed by atoms with E-state index in [4.69, 9.17) is 0 Å². The number of nitrogens with zero attached hydrogens (tertiary/aromatic N) is 2. The predicted octanol–water partition coefficient (Wildman–Crippen LogP) is 2.19. The molecule has 1 aromatic rings. The smallest absolute Gasteiger partial charge is 0.270 e. The van der Waals surface area contributed by atoms with Crippen LogP contribution in [0, 0.1) is 15.9 Å². The van der Waals surface area contributed by atoms with Gasteiger partial charge in [-0.3, -0.25) is 14.9 Å². The predicted molar refractivity (Wildman–Crippen MR) is 77.8 cm³/mol. The molecule has 0 unspecified atom stereocenters. The Balaban J connectivity index is 2.56. The van der Waals surface area contributed by atoms with E-state index in [1.54, 1.807) is 0 Å². The van der Waals surface area contributed by atoms with Gasteiger partial charge in [0, 0.05) is 24.7 Å². The highest BCUT2D eigenvalue weighted by Crippen LogP contribution is 2.16. The second kappa shape index (κ2) is 7.68. The molecule has 0 fully saturated rings. The molecule has 0 spiro atoms. The van der Waals surface area contributed by atoms with Crippen molar-refractivity contribution in [2.45, 2.75) is 26.3 Å². The topological polar surface area (TPSA) is 75.5 Å². The third kappa shape index (κ3) is 5.11. The molecule has 1 rings (SSSR count). The van der Waals surface area contributed by atoms with Gasteiger partial charge in [0.2, 0.25) is 0 Å². The number of rotatable bonds is 7. The minimum Gasteiger partial charge on any atom is -0.352 e. The Bertz CT molecular complexity index is 520. The monoisotopic (exact) mass is 297 g/mol. The second-order valence-electron chi connectivity index (χ2n) is 5.11. The number of carbonyl (C=O) groups is 1. The Morgan fingerprint density at radius 2 is 2.14 bits per heavy atom. The van der Waals surface area contributed by atoms with Crippen molar-refractivity contribution in [2.24, 2.45) is 0 Å². The van der Waals surface area contributed by atoms with E-state index in [1.165, 1.54) is 0 Å². The zero-order valence-electron chi connectivity index (χ0n) is 12.4. The number of halogens is 1. The first kappa shape index (κ1) is 17.0. The fourth-order valence-corrected chi connectivity index (χ4v) is 1.68. The molecule has 0 aliphatic rings. The van der Waals surface area contributed by atoms with Crippen molar-refractivity contribution in [2.75, 3.05) is 20.1 Å². The van der Waals surface area contributed by atoms with Crippen LogP contribution in [0.1, 0.15) is 30.6 Å². The highest BCUT2D eigenvalue weighted by Gasteiger charge is 2.16. The van der Waals surface area contributed by atoms with Crippen molar-refractivity contribution in [1.82, 2.24) is 10.2 Å². The lowest BCUT2D eigenvalue weighted by Crippen LogP contribution is -2.31. The molecule has 0 aliphatic heterocycles. The fraction of sp³-hybridized carbons (Fsp3) is 0.500. The van der Waals surface area contributed by atoms with Gasteiger partial charge in [0.1, 0.15) is 5.82 Å². The van der Waals surface area contributed by atoms with Gasteiger partial charge >= 0.3 is 0 Å². The fourth-order valence-electron chi connectivity index (χ4n) is 1.68. The lowest BCUT2D eigenvalue weighted by Gasteiger charge is -2.20. The number of benzene rings is 1. The Kier molecular flexibility index (Phi) is 6.23. The van der Waals surface area contributed by atoms with Gasteiger partial charge in [-0.2, -0.15) is 0 Å². The quantitative estimate of drug-likeness (QED) is 0.475. The van der Waals surface area contributed by atoms with E-state index in [0.717, 1.165) is 31.2 Å². The van der Waals surface area contributed by atoms with Crippen molar-refractivity contribution in [3.05, 3.63) is 39.7 Å². The summed E-state index contributed by atoms with van der Waals surface area (Å²) in [6.45, 7) is 5.32. The Morgan fingerprint density at radius 1 is 1.48 bits per heavy atom. The van der Waals surface area contributed by atoms with Crippen LogP contribution in [0.2, 0.25) is 0 Å². The highest BCUT2D eigenvalue weighted by atomic mass is 19.1. The summed E-state index contributed by atoms with van der Waals surface area (Å²) in [4.78, 5) is 23.9. The van der Waals surface area contributed by atoms with E-state index in [9.17, 15) is 19.3 Å². The molecule has 7 heteroatoms. The molecular formula is C14H20FN3O3. The molecular weight excluding hydrogens is 277 g/mol. The van der Waals surface area contributed by atoms with Gasteiger partial charge in [-0.1, -0.05) is 0 Å². The van der Waals surface area contributed by atoms with Gasteiger partial charge in [-0.05, 0) is 39.9 Å². The number of nitrogens with one attached hydrogen (secondary N) is 1. The number of amides is 1. The summed E-state index contributed by atoms with van der Waals surface area (Å²) in [5, 5.41) is 13.2. The second-order valence-corrected chi connectivity index (χ2v) is 5.11. The summed E-state index contributed by atoms with van der Waals surface area (Å²) in [5.41, 5.74) is -0.609. The average molecular weight is 297 g/mol. The Hall–Kier alpha value is -2.02. The van der Waals surface area contributed by atoms with Gasteiger partial charge in [-0.25, -0.2) is 4.39 Å². The minimum atomic E-state index is -0.766. The first-order valence-corrected chi connectivity index (χ1v) is 6.75. The lowest BCUT2D eigenvalue weighted by atomic mass is 10.1. The van der Waals surface area contributed by atoms with Gasteiger partial charge in [-0.15, -0.1) is 0 Å². The molecule has 1 aromatic carbocycles. The third-order valence-electron chi connectivity index (χ3n) is 3.26. The van der Waals surface area contributed by atoms with Gasteiger partial charge in [0.25, 0.3) is 11.6 Å². The van der Waals surface area contributed by atoms with Crippen LogP contribution in [0.3, 0.4) is 0 Å². The number of nitro benzene ring substituents is 1. The minimum absolute atomic E-state index is 0.304. The molecule has 0 atom stereocenters. The summed E-state index contributed by atoms with van der Waals surface area (Å²) in [7, 11) is 1.98. The van der Waals surface area contributed by atoms with Crippen LogP contribution >= 0.6 is 0 Å². The number of carbonyl (C=O) groups excluding carboxylic acids is 1. The van der Waals surface area contributed by atoms with E-state index in [2.05, 4.69) is 24.1 Å². The summed E-state index contributed by atoms with van der Waals surface area (Å²) in [5.74, 6) is -1.40. The molecule has 0 aromatic heterocycles. The molecule has 21 heavy (non-hydrogen) atoms.